The van der Waals surface area contributed by atoms with E-state index in [0.29, 0.717) is 19.0 Å². The number of nitrogens with one attached hydrogen (secondary N) is 1. The number of carbonyl (C=O) groups excluding carboxylic acids is 1. The number of hydrogen-bond donors (Lipinski definition) is 2. The Balaban J connectivity index is 0.00000180. The van der Waals surface area contributed by atoms with Crippen LogP contribution in [0.2, 0.25) is 0 Å². The topological polar surface area (TPSA) is 82.2 Å². The molecule has 1 heterocycles. The number of nitrogens with two attached hydrogens (primary N) is 1. The van der Waals surface area contributed by atoms with Crippen LogP contribution in [0.1, 0.15) is 25.7 Å². The lowest BCUT2D eigenvalue weighted by molar-refractivity contribution is -0.121. The second-order valence-corrected chi connectivity index (χ2v) is 4.77. The van der Waals surface area contributed by atoms with Crippen LogP contribution in [0.15, 0.2) is 12.3 Å². The Morgan fingerprint density at radius 3 is 2.89 bits per heavy atom. The van der Waals surface area contributed by atoms with Crippen molar-refractivity contribution in [3.05, 3.63) is 12.3 Å². The molecule has 1 saturated carbocycles. The molecule has 0 aliphatic heterocycles. The van der Waals surface area contributed by atoms with Crippen LogP contribution in [0.5, 0.6) is 0 Å². The minimum atomic E-state index is -0.712. The lowest BCUT2D eigenvalue weighted by Crippen LogP contribution is -2.48. The highest BCUT2D eigenvalue weighted by atomic mass is 35.5. The number of aromatic nitrogens is 2. The van der Waals surface area contributed by atoms with E-state index in [9.17, 15) is 4.79 Å². The average Bonchev–Trinajstić information content (AvgIpc) is 2.97. The third-order valence-electron chi connectivity index (χ3n) is 3.35. The zero-order valence-corrected chi connectivity index (χ0v) is 11.9. The van der Waals surface area contributed by atoms with Gasteiger partial charge in [0.15, 0.2) is 5.82 Å². The summed E-state index contributed by atoms with van der Waals surface area (Å²) in [7, 11) is 1.64. The van der Waals surface area contributed by atoms with Gasteiger partial charge in [-0.1, -0.05) is 12.8 Å². The van der Waals surface area contributed by atoms with E-state index >= 15 is 0 Å². The van der Waals surface area contributed by atoms with Crippen molar-refractivity contribution in [3.8, 4) is 0 Å². The molecule has 7 heteroatoms. The van der Waals surface area contributed by atoms with Crippen molar-refractivity contribution in [2.45, 2.75) is 37.8 Å². The zero-order valence-electron chi connectivity index (χ0n) is 11.1. The summed E-state index contributed by atoms with van der Waals surface area (Å²) in [6.07, 6.45) is 5.36. The molecule has 0 bridgehead atoms. The Labute approximate surface area is 119 Å². The molecule has 3 N–H and O–H groups in total. The molecule has 0 radical (unpaired) electrons. The second kappa shape index (κ2) is 6.88. The molecule has 0 spiro atoms. The summed E-state index contributed by atoms with van der Waals surface area (Å²) in [4.78, 5) is 12.0. The fraction of sp³-hybridized carbons (Fsp3) is 0.667. The Kier molecular flexibility index (Phi) is 5.78. The van der Waals surface area contributed by atoms with Crippen LogP contribution in [-0.2, 0) is 16.1 Å². The number of carbonyl (C=O) groups is 1. The van der Waals surface area contributed by atoms with Crippen molar-refractivity contribution in [2.24, 2.45) is 5.73 Å². The van der Waals surface area contributed by atoms with Crippen LogP contribution in [-0.4, -0.2) is 34.9 Å². The van der Waals surface area contributed by atoms with Gasteiger partial charge in [-0.15, -0.1) is 12.4 Å². The Morgan fingerprint density at radius 1 is 1.58 bits per heavy atom. The summed E-state index contributed by atoms with van der Waals surface area (Å²) >= 11 is 0. The number of rotatable bonds is 5. The van der Waals surface area contributed by atoms with Crippen molar-refractivity contribution in [1.82, 2.24) is 9.78 Å². The van der Waals surface area contributed by atoms with E-state index in [2.05, 4.69) is 10.4 Å². The van der Waals surface area contributed by atoms with E-state index in [1.807, 2.05) is 6.20 Å². The molecule has 0 aromatic carbocycles. The minimum absolute atomic E-state index is 0. The first-order chi connectivity index (χ1) is 8.64. The molecular formula is C12H21ClN4O2. The molecule has 1 aromatic heterocycles. The maximum Gasteiger partial charge on any atom is 0.245 e. The normalized spacial score (nSPS) is 16.9. The van der Waals surface area contributed by atoms with Crippen molar-refractivity contribution in [2.75, 3.05) is 19.0 Å². The molecule has 1 aromatic rings. The Morgan fingerprint density at radius 2 is 2.26 bits per heavy atom. The molecule has 1 aliphatic rings. The van der Waals surface area contributed by atoms with Gasteiger partial charge in [-0.2, -0.15) is 5.10 Å². The van der Waals surface area contributed by atoms with Crippen LogP contribution >= 0.6 is 12.4 Å². The van der Waals surface area contributed by atoms with E-state index < -0.39 is 5.54 Å². The molecule has 1 aliphatic carbocycles. The predicted octanol–water partition coefficient (Wildman–Crippen LogP) is 1.16. The number of halogens is 1. The molecule has 1 amide bonds. The highest BCUT2D eigenvalue weighted by Crippen LogP contribution is 2.28. The van der Waals surface area contributed by atoms with Gasteiger partial charge < -0.3 is 15.8 Å². The van der Waals surface area contributed by atoms with Crippen molar-refractivity contribution < 1.29 is 9.53 Å². The smallest absolute Gasteiger partial charge is 0.245 e. The van der Waals surface area contributed by atoms with Crippen LogP contribution in [0.4, 0.5) is 5.82 Å². The van der Waals surface area contributed by atoms with Gasteiger partial charge in [0, 0.05) is 19.4 Å². The van der Waals surface area contributed by atoms with E-state index in [-0.39, 0.29) is 18.3 Å². The van der Waals surface area contributed by atoms with E-state index in [0.717, 1.165) is 25.7 Å². The van der Waals surface area contributed by atoms with Gasteiger partial charge in [0.2, 0.25) is 5.91 Å². The summed E-state index contributed by atoms with van der Waals surface area (Å²) in [5, 5.41) is 7.02. The lowest BCUT2D eigenvalue weighted by Gasteiger charge is -2.21. The van der Waals surface area contributed by atoms with Gasteiger partial charge in [-0.05, 0) is 12.8 Å². The van der Waals surface area contributed by atoms with Gasteiger partial charge in [0.25, 0.3) is 0 Å². The third-order valence-corrected chi connectivity index (χ3v) is 3.35. The fourth-order valence-corrected chi connectivity index (χ4v) is 2.21. The molecule has 19 heavy (non-hydrogen) atoms. The number of anilines is 1. The fourth-order valence-electron chi connectivity index (χ4n) is 2.21. The van der Waals surface area contributed by atoms with Gasteiger partial charge in [0.05, 0.1) is 18.7 Å². The molecule has 1 fully saturated rings. The van der Waals surface area contributed by atoms with E-state index in [1.54, 1.807) is 17.9 Å². The van der Waals surface area contributed by atoms with Crippen molar-refractivity contribution in [3.63, 3.8) is 0 Å². The molecule has 6 nitrogen and oxygen atoms in total. The summed E-state index contributed by atoms with van der Waals surface area (Å²) in [6.45, 7) is 1.26. The second-order valence-electron chi connectivity index (χ2n) is 4.77. The third kappa shape index (κ3) is 3.92. The Hall–Kier alpha value is -1.11. The van der Waals surface area contributed by atoms with Crippen LogP contribution in [0.3, 0.4) is 0 Å². The number of hydrogen-bond acceptors (Lipinski definition) is 4. The Bertz CT molecular complexity index is 416. The number of methoxy groups -OCH3 is 1. The van der Waals surface area contributed by atoms with Gasteiger partial charge >= 0.3 is 0 Å². The van der Waals surface area contributed by atoms with Crippen LogP contribution in [0.25, 0.3) is 0 Å². The molecule has 0 unspecified atom stereocenters. The SMILES string of the molecule is COCCn1ccc(NC(=O)C2(N)CCCC2)n1.Cl. The summed E-state index contributed by atoms with van der Waals surface area (Å²) in [6, 6.07) is 1.77. The van der Waals surface area contributed by atoms with Crippen molar-refractivity contribution >= 4 is 24.1 Å². The van der Waals surface area contributed by atoms with Gasteiger partial charge in [-0.25, -0.2) is 0 Å². The molecule has 2 rings (SSSR count). The summed E-state index contributed by atoms with van der Waals surface area (Å²) < 4.78 is 6.70. The van der Waals surface area contributed by atoms with E-state index in [4.69, 9.17) is 10.5 Å². The molecule has 0 atom stereocenters. The number of nitrogens with zero attached hydrogens (tertiary/aromatic N) is 2. The standard InChI is InChI=1S/C12H20N4O2.ClH/c1-18-9-8-16-7-4-10(15-16)14-11(17)12(13)5-2-3-6-12;/h4,7H,2-3,5-6,8-9,13H2,1H3,(H,14,15,17);1H. The maximum absolute atomic E-state index is 12.0. The minimum Gasteiger partial charge on any atom is -0.383 e. The largest absolute Gasteiger partial charge is 0.383 e. The first kappa shape index (κ1) is 15.9. The molecule has 0 saturated heterocycles. The summed E-state index contributed by atoms with van der Waals surface area (Å²) in [5.74, 6) is 0.421. The zero-order chi connectivity index (χ0) is 13.0. The first-order valence-corrected chi connectivity index (χ1v) is 6.27. The quantitative estimate of drug-likeness (QED) is 0.852. The summed E-state index contributed by atoms with van der Waals surface area (Å²) in [5.41, 5.74) is 5.36. The maximum atomic E-state index is 12.0. The molecular weight excluding hydrogens is 268 g/mol. The van der Waals surface area contributed by atoms with Crippen LogP contribution < -0.4 is 11.1 Å². The van der Waals surface area contributed by atoms with Crippen molar-refractivity contribution in [1.29, 1.82) is 0 Å². The first-order valence-electron chi connectivity index (χ1n) is 6.27. The number of amides is 1. The monoisotopic (exact) mass is 288 g/mol. The highest BCUT2D eigenvalue weighted by molar-refractivity contribution is 5.97. The lowest BCUT2D eigenvalue weighted by atomic mass is 9.98. The number of ether oxygens (including phenoxy) is 1. The van der Waals surface area contributed by atoms with Gasteiger partial charge in [0.1, 0.15) is 0 Å². The van der Waals surface area contributed by atoms with Crippen LogP contribution in [0, 0.1) is 0 Å². The predicted molar refractivity (Wildman–Crippen MR) is 75.4 cm³/mol. The van der Waals surface area contributed by atoms with Gasteiger partial charge in [-0.3, -0.25) is 9.48 Å². The van der Waals surface area contributed by atoms with E-state index in [1.165, 1.54) is 0 Å². The average molecular weight is 289 g/mol. The molecule has 108 valence electrons. The highest BCUT2D eigenvalue weighted by Gasteiger charge is 2.37.